The van der Waals surface area contributed by atoms with Crippen LogP contribution in [0.3, 0.4) is 0 Å². The Morgan fingerprint density at radius 1 is 0.767 bits per heavy atom. The van der Waals surface area contributed by atoms with Crippen molar-refractivity contribution >= 4 is 11.6 Å². The topological polar surface area (TPSA) is 75.6 Å². The summed E-state index contributed by atoms with van der Waals surface area (Å²) in [6.45, 7) is 0.307. The van der Waals surface area contributed by atoms with Crippen LogP contribution in [0.25, 0.3) is 11.4 Å². The van der Waals surface area contributed by atoms with Crippen molar-refractivity contribution in [2.24, 2.45) is 0 Å². The van der Waals surface area contributed by atoms with E-state index in [2.05, 4.69) is 30.6 Å². The van der Waals surface area contributed by atoms with Crippen molar-refractivity contribution in [1.82, 2.24) is 19.9 Å². The third kappa shape index (κ3) is 5.55. The van der Waals surface area contributed by atoms with Gasteiger partial charge in [0, 0.05) is 43.3 Å². The van der Waals surface area contributed by atoms with Crippen LogP contribution in [0.1, 0.15) is 11.3 Å². The number of pyridine rings is 2. The molecule has 0 aromatic carbocycles. The van der Waals surface area contributed by atoms with Gasteiger partial charge in [0.05, 0.1) is 5.56 Å². The Balaban J connectivity index is 1.66. The highest BCUT2D eigenvalue weighted by molar-refractivity contribution is 5.57. The lowest BCUT2D eigenvalue weighted by molar-refractivity contribution is -0.141. The van der Waals surface area contributed by atoms with Crippen molar-refractivity contribution in [2.45, 2.75) is 12.4 Å². The lowest BCUT2D eigenvalue weighted by Crippen LogP contribution is -2.17. The van der Waals surface area contributed by atoms with E-state index in [4.69, 9.17) is 0 Å². The number of halogens is 6. The average Bonchev–Trinajstić information content (AvgIpc) is 2.71. The van der Waals surface area contributed by atoms with Crippen molar-refractivity contribution in [2.75, 3.05) is 23.7 Å². The number of hydrogen-bond acceptors (Lipinski definition) is 6. The van der Waals surface area contributed by atoms with Gasteiger partial charge in [-0.3, -0.25) is 4.98 Å². The second-order valence-corrected chi connectivity index (χ2v) is 5.98. The summed E-state index contributed by atoms with van der Waals surface area (Å²) < 4.78 is 77.0. The Hall–Kier alpha value is -3.44. The van der Waals surface area contributed by atoms with Crippen LogP contribution in [0.5, 0.6) is 0 Å². The molecule has 3 heterocycles. The lowest BCUT2D eigenvalue weighted by atomic mass is 10.2. The molecule has 0 bridgehead atoms. The summed E-state index contributed by atoms with van der Waals surface area (Å²) in [4.78, 5) is 15.1. The van der Waals surface area contributed by atoms with E-state index >= 15 is 0 Å². The van der Waals surface area contributed by atoms with Gasteiger partial charge in [-0.2, -0.15) is 26.3 Å². The van der Waals surface area contributed by atoms with Gasteiger partial charge in [-0.1, -0.05) is 0 Å². The molecule has 0 aliphatic heterocycles. The minimum atomic E-state index is -4.66. The van der Waals surface area contributed by atoms with E-state index < -0.39 is 23.6 Å². The molecule has 3 aromatic heterocycles. The Bertz CT molecular complexity index is 973. The highest BCUT2D eigenvalue weighted by Crippen LogP contribution is 2.31. The molecule has 0 saturated carbocycles. The molecule has 0 radical (unpaired) electrons. The first kappa shape index (κ1) is 21.3. The van der Waals surface area contributed by atoms with Gasteiger partial charge in [-0.15, -0.1) is 0 Å². The molecule has 0 atom stereocenters. The van der Waals surface area contributed by atoms with Crippen LogP contribution in [0.15, 0.2) is 48.9 Å². The molecule has 3 aromatic rings. The van der Waals surface area contributed by atoms with Crippen LogP contribution < -0.4 is 10.6 Å². The van der Waals surface area contributed by atoms with Crippen LogP contribution in [0.2, 0.25) is 0 Å². The summed E-state index contributed by atoms with van der Waals surface area (Å²) in [5.74, 6) is 0.0272. The van der Waals surface area contributed by atoms with Gasteiger partial charge in [0.2, 0.25) is 0 Å². The molecule has 0 fully saturated rings. The predicted octanol–water partition coefficient (Wildman–Crippen LogP) is 4.50. The molecule has 158 valence electrons. The number of hydrogen-bond donors (Lipinski definition) is 2. The normalized spacial score (nSPS) is 11.9. The van der Waals surface area contributed by atoms with Gasteiger partial charge in [-0.25, -0.2) is 15.0 Å². The van der Waals surface area contributed by atoms with Gasteiger partial charge in [0.25, 0.3) is 0 Å². The van der Waals surface area contributed by atoms with Crippen LogP contribution in [0.4, 0.5) is 38.0 Å². The van der Waals surface area contributed by atoms with E-state index in [9.17, 15) is 26.3 Å². The number of nitrogens with zero attached hydrogens (tertiary/aromatic N) is 4. The maximum atomic E-state index is 13.2. The average molecular weight is 428 g/mol. The van der Waals surface area contributed by atoms with Crippen LogP contribution in [-0.4, -0.2) is 33.0 Å². The molecule has 0 amide bonds. The lowest BCUT2D eigenvalue weighted by Gasteiger charge is -2.12. The fourth-order valence-corrected chi connectivity index (χ4v) is 2.36. The van der Waals surface area contributed by atoms with E-state index in [1.807, 2.05) is 0 Å². The summed E-state index contributed by atoms with van der Waals surface area (Å²) in [5, 5.41) is 5.51. The number of anilines is 2. The van der Waals surface area contributed by atoms with Crippen molar-refractivity contribution in [1.29, 1.82) is 0 Å². The molecule has 2 N–H and O–H groups in total. The third-order valence-corrected chi connectivity index (χ3v) is 3.78. The zero-order valence-electron chi connectivity index (χ0n) is 15.1. The highest BCUT2D eigenvalue weighted by atomic mass is 19.4. The Kier molecular flexibility index (Phi) is 6.04. The second-order valence-electron chi connectivity index (χ2n) is 5.98. The molecular formula is C18H14F6N6. The van der Waals surface area contributed by atoms with Crippen LogP contribution >= 0.6 is 0 Å². The van der Waals surface area contributed by atoms with Gasteiger partial charge in [0.15, 0.2) is 11.5 Å². The van der Waals surface area contributed by atoms with Gasteiger partial charge >= 0.3 is 12.4 Å². The highest BCUT2D eigenvalue weighted by Gasteiger charge is 2.34. The Morgan fingerprint density at radius 2 is 1.43 bits per heavy atom. The van der Waals surface area contributed by atoms with E-state index in [0.717, 1.165) is 18.2 Å². The minimum Gasteiger partial charge on any atom is -0.368 e. The van der Waals surface area contributed by atoms with Crippen molar-refractivity contribution in [3.05, 3.63) is 60.2 Å². The molecule has 3 rings (SSSR count). The maximum absolute atomic E-state index is 13.2. The smallest absolute Gasteiger partial charge is 0.368 e. The molecular weight excluding hydrogens is 414 g/mol. The van der Waals surface area contributed by atoms with Gasteiger partial charge in [-0.05, 0) is 24.3 Å². The number of alkyl halides is 6. The summed E-state index contributed by atoms with van der Waals surface area (Å²) in [6, 6.07) is 5.79. The molecule has 6 nitrogen and oxygen atoms in total. The summed E-state index contributed by atoms with van der Waals surface area (Å²) in [6.07, 6.45) is -5.64. The number of rotatable bonds is 6. The first-order valence-corrected chi connectivity index (χ1v) is 8.50. The number of nitrogens with one attached hydrogen (secondary N) is 2. The summed E-state index contributed by atoms with van der Waals surface area (Å²) in [7, 11) is 0. The van der Waals surface area contributed by atoms with Crippen molar-refractivity contribution < 1.29 is 26.3 Å². The fraction of sp³-hybridized carbons (Fsp3) is 0.222. The van der Waals surface area contributed by atoms with Crippen LogP contribution in [0, 0.1) is 0 Å². The molecule has 0 aliphatic rings. The number of aromatic nitrogens is 4. The standard InChI is InChI=1S/C18H14F6N6/c19-17(20,21)12-1-2-14(28-10-12)26-7-8-27-15-9-13(18(22,23)24)29-16(30-15)11-3-5-25-6-4-11/h1-6,9-10H,7-8H2,(H,26,28)(H,27,29,30). The molecule has 12 heteroatoms. The molecule has 0 aliphatic carbocycles. The van der Waals surface area contributed by atoms with E-state index in [1.54, 1.807) is 0 Å². The monoisotopic (exact) mass is 428 g/mol. The SMILES string of the molecule is FC(F)(F)c1ccc(NCCNc2cc(C(F)(F)F)nc(-c3ccncc3)n2)nc1. The molecule has 0 saturated heterocycles. The predicted molar refractivity (Wildman–Crippen MR) is 96.5 cm³/mol. The van der Waals surface area contributed by atoms with Gasteiger partial charge < -0.3 is 10.6 Å². The molecule has 30 heavy (non-hydrogen) atoms. The first-order chi connectivity index (χ1) is 14.1. The van der Waals surface area contributed by atoms with E-state index in [-0.39, 0.29) is 30.5 Å². The Morgan fingerprint density at radius 3 is 2.00 bits per heavy atom. The first-order valence-electron chi connectivity index (χ1n) is 8.50. The van der Waals surface area contributed by atoms with Crippen molar-refractivity contribution in [3.8, 4) is 11.4 Å². The Labute approximate surface area is 166 Å². The molecule has 0 spiro atoms. The quantitative estimate of drug-likeness (QED) is 0.445. The molecule has 0 unspecified atom stereocenters. The van der Waals surface area contributed by atoms with Gasteiger partial charge in [0.1, 0.15) is 11.6 Å². The van der Waals surface area contributed by atoms with E-state index in [0.29, 0.717) is 11.8 Å². The van der Waals surface area contributed by atoms with Crippen LogP contribution in [-0.2, 0) is 12.4 Å². The minimum absolute atomic E-state index is 0.0497. The van der Waals surface area contributed by atoms with E-state index in [1.165, 1.54) is 24.5 Å². The summed E-state index contributed by atoms with van der Waals surface area (Å²) >= 11 is 0. The zero-order chi connectivity index (χ0) is 21.8. The fourth-order valence-electron chi connectivity index (χ4n) is 2.36. The third-order valence-electron chi connectivity index (χ3n) is 3.78. The maximum Gasteiger partial charge on any atom is 0.433 e. The van der Waals surface area contributed by atoms with Crippen molar-refractivity contribution in [3.63, 3.8) is 0 Å². The zero-order valence-corrected chi connectivity index (χ0v) is 15.1. The summed E-state index contributed by atoms with van der Waals surface area (Å²) in [5.41, 5.74) is -1.62. The second kappa shape index (κ2) is 8.51. The largest absolute Gasteiger partial charge is 0.433 e.